The molecule has 1 unspecified atom stereocenters. The van der Waals surface area contributed by atoms with Crippen molar-refractivity contribution in [2.75, 3.05) is 34.0 Å². The predicted octanol–water partition coefficient (Wildman–Crippen LogP) is 7.19. The third-order valence-electron chi connectivity index (χ3n) is 9.68. The van der Waals surface area contributed by atoms with E-state index in [2.05, 4.69) is 16.4 Å². The summed E-state index contributed by atoms with van der Waals surface area (Å²) in [6.45, 7) is 11.8. The monoisotopic (exact) mass is 736 g/mol. The van der Waals surface area contributed by atoms with E-state index in [1.165, 1.54) is 25.7 Å². The van der Waals surface area contributed by atoms with Gasteiger partial charge in [0.15, 0.2) is 39.6 Å². The van der Waals surface area contributed by atoms with Crippen LogP contribution in [0.3, 0.4) is 0 Å². The molecular formula is C44H52N2O8. The van der Waals surface area contributed by atoms with Crippen molar-refractivity contribution in [1.82, 2.24) is 9.13 Å². The molecule has 2 aromatic carbocycles. The van der Waals surface area contributed by atoms with Crippen LogP contribution in [0.1, 0.15) is 77.4 Å². The van der Waals surface area contributed by atoms with E-state index in [1.54, 1.807) is 63.6 Å². The molecule has 54 heavy (non-hydrogen) atoms. The first-order valence-corrected chi connectivity index (χ1v) is 18.5. The fraction of sp³-hybridized carbons (Fsp3) is 0.432. The lowest BCUT2D eigenvalue weighted by Crippen LogP contribution is -2.19. The number of Topliss-reactive ketones (excluding diaryl/α,β-unsaturated/α-hetero) is 1. The zero-order chi connectivity index (χ0) is 38.8. The van der Waals surface area contributed by atoms with Gasteiger partial charge in [-0.3, -0.25) is 14.4 Å². The number of aryl methyl sites for hydroxylation is 4. The summed E-state index contributed by atoms with van der Waals surface area (Å²) < 4.78 is 32.7. The molecule has 2 aliphatic rings. The summed E-state index contributed by atoms with van der Waals surface area (Å²) in [6, 6.07) is 17.6. The number of ketones is 1. The Morgan fingerprint density at radius 1 is 0.704 bits per heavy atom. The number of carbonyl (C=O) groups excluding carboxylic acids is 1. The van der Waals surface area contributed by atoms with Gasteiger partial charge in [0.2, 0.25) is 0 Å². The molecule has 1 atom stereocenters. The van der Waals surface area contributed by atoms with Crippen LogP contribution < -0.4 is 29.8 Å². The van der Waals surface area contributed by atoms with Crippen molar-refractivity contribution in [2.24, 2.45) is 11.8 Å². The summed E-state index contributed by atoms with van der Waals surface area (Å²) >= 11 is 0. The molecular weight excluding hydrogens is 684 g/mol. The van der Waals surface area contributed by atoms with Crippen LogP contribution in [0.25, 0.3) is 0 Å². The highest BCUT2D eigenvalue weighted by Crippen LogP contribution is 2.36. The van der Waals surface area contributed by atoms with Gasteiger partial charge in [0.1, 0.15) is 12.7 Å². The Bertz CT molecular complexity index is 2060. The van der Waals surface area contributed by atoms with Gasteiger partial charge in [-0.25, -0.2) is 0 Å². The number of benzene rings is 2. The van der Waals surface area contributed by atoms with E-state index in [4.69, 9.17) is 23.7 Å². The fourth-order valence-electron chi connectivity index (χ4n) is 6.14. The maximum Gasteiger partial charge on any atom is 0.182 e. The van der Waals surface area contributed by atoms with E-state index in [1.807, 2.05) is 50.5 Å². The Morgan fingerprint density at radius 3 is 1.70 bits per heavy atom. The van der Waals surface area contributed by atoms with Crippen molar-refractivity contribution < 1.29 is 28.5 Å². The number of rotatable bonds is 16. The summed E-state index contributed by atoms with van der Waals surface area (Å²) in [5, 5.41) is 0. The first-order chi connectivity index (χ1) is 26.0. The lowest BCUT2D eigenvalue weighted by Gasteiger charge is -2.23. The van der Waals surface area contributed by atoms with Gasteiger partial charge in [-0.05, 0) is 108 Å². The molecule has 6 rings (SSSR count). The van der Waals surface area contributed by atoms with Crippen molar-refractivity contribution in [1.29, 1.82) is 0 Å². The van der Waals surface area contributed by atoms with Crippen LogP contribution in [-0.2, 0) is 17.8 Å². The van der Waals surface area contributed by atoms with E-state index >= 15 is 0 Å². The second-order valence-electron chi connectivity index (χ2n) is 14.1. The van der Waals surface area contributed by atoms with Gasteiger partial charge >= 0.3 is 0 Å². The second-order valence-corrected chi connectivity index (χ2v) is 14.1. The average molecular weight is 737 g/mol. The topological polar surface area (TPSA) is 107 Å². The Labute approximate surface area is 318 Å². The highest BCUT2D eigenvalue weighted by atomic mass is 16.5. The molecule has 0 amide bonds. The van der Waals surface area contributed by atoms with Crippen LogP contribution in [0.5, 0.6) is 23.0 Å². The summed E-state index contributed by atoms with van der Waals surface area (Å²) in [5.41, 5.74) is 4.91. The smallest absolute Gasteiger partial charge is 0.182 e. The molecule has 0 saturated heterocycles. The normalized spacial score (nSPS) is 13.8. The molecule has 2 saturated carbocycles. The van der Waals surface area contributed by atoms with Gasteiger partial charge in [-0.15, -0.1) is 5.92 Å². The Morgan fingerprint density at radius 2 is 1.20 bits per heavy atom. The Balaban J connectivity index is 0.000000210. The third-order valence-corrected chi connectivity index (χ3v) is 9.68. The fourth-order valence-corrected chi connectivity index (χ4v) is 6.14. The van der Waals surface area contributed by atoms with Crippen LogP contribution in [0.2, 0.25) is 0 Å². The van der Waals surface area contributed by atoms with E-state index in [-0.39, 0.29) is 29.3 Å². The molecule has 0 bridgehead atoms. The molecule has 0 spiro atoms. The van der Waals surface area contributed by atoms with Crippen molar-refractivity contribution in [2.45, 2.75) is 79.5 Å². The molecule has 2 heterocycles. The van der Waals surface area contributed by atoms with Gasteiger partial charge in [-0.1, -0.05) is 12.0 Å². The summed E-state index contributed by atoms with van der Waals surface area (Å²) in [4.78, 5) is 36.0. The summed E-state index contributed by atoms with van der Waals surface area (Å²) in [6.07, 6.45) is 4.63. The first kappa shape index (κ1) is 39.9. The van der Waals surface area contributed by atoms with Gasteiger partial charge in [0, 0.05) is 52.6 Å². The van der Waals surface area contributed by atoms with Gasteiger partial charge < -0.3 is 32.8 Å². The standard InChI is InChI=1S/C24H29NO4.C20H23NO4/c1-5-6-11-28-24(15-25-17(2)12-21(26)13-18(25)3)20-9-10-22(27-4)23(14-20)29-16-19-7-8-19;1-13-8-17(22)9-14(2)21(13)11-18(23)16-6-7-19(24-3)20(10-16)25-12-15-4-5-15/h9-10,12-14,19,24H,7-8,11,15-16H2,1-4H3;6-10,15H,4-5,11-12H2,1-3H3. The highest BCUT2D eigenvalue weighted by Gasteiger charge is 2.24. The van der Waals surface area contributed by atoms with E-state index in [0.29, 0.717) is 55.3 Å². The Kier molecular flexibility index (Phi) is 13.8. The molecule has 0 radical (unpaired) electrons. The van der Waals surface area contributed by atoms with Crippen molar-refractivity contribution >= 4 is 5.78 Å². The average Bonchev–Trinajstić information content (AvgIpc) is 4.08. The van der Waals surface area contributed by atoms with Crippen LogP contribution in [0.4, 0.5) is 0 Å². The molecule has 2 aromatic heterocycles. The third kappa shape index (κ3) is 11.1. The largest absolute Gasteiger partial charge is 0.493 e. The van der Waals surface area contributed by atoms with Crippen LogP contribution in [0.15, 0.2) is 70.3 Å². The molecule has 10 nitrogen and oxygen atoms in total. The minimum atomic E-state index is -0.232. The second kappa shape index (κ2) is 18.7. The predicted molar refractivity (Wildman–Crippen MR) is 209 cm³/mol. The first-order valence-electron chi connectivity index (χ1n) is 18.5. The number of hydrogen-bond donors (Lipinski definition) is 0. The molecule has 0 aliphatic heterocycles. The quantitative estimate of drug-likeness (QED) is 0.0880. The van der Waals surface area contributed by atoms with Crippen molar-refractivity contribution in [3.8, 4) is 34.8 Å². The SMILES string of the molecule is CC#CCOC(Cn1c(C)cc(=O)cc1C)c1ccc(OC)c(OCC2CC2)c1.COc1ccc(C(=O)Cn2c(C)cc(=O)cc2C)cc1OCC1CC1. The maximum absolute atomic E-state index is 12.7. The summed E-state index contributed by atoms with van der Waals surface area (Å²) in [5.74, 6) is 9.78. The highest BCUT2D eigenvalue weighted by molar-refractivity contribution is 5.96. The van der Waals surface area contributed by atoms with Gasteiger partial charge in [0.25, 0.3) is 0 Å². The number of aromatic nitrogens is 2. The van der Waals surface area contributed by atoms with E-state index in [0.717, 1.165) is 39.8 Å². The lowest BCUT2D eigenvalue weighted by atomic mass is 10.1. The van der Waals surface area contributed by atoms with Gasteiger partial charge in [-0.2, -0.15) is 0 Å². The van der Waals surface area contributed by atoms with Crippen LogP contribution >= 0.6 is 0 Å². The van der Waals surface area contributed by atoms with E-state index < -0.39 is 0 Å². The number of carbonyl (C=O) groups is 1. The molecule has 2 aliphatic carbocycles. The molecule has 286 valence electrons. The maximum atomic E-state index is 12.7. The molecule has 10 heteroatoms. The Hall–Kier alpha value is -5.27. The number of pyridine rings is 2. The molecule has 0 N–H and O–H groups in total. The van der Waals surface area contributed by atoms with Crippen molar-refractivity contribution in [3.63, 3.8) is 0 Å². The van der Waals surface area contributed by atoms with E-state index in [9.17, 15) is 14.4 Å². The number of ether oxygens (including phenoxy) is 5. The van der Waals surface area contributed by atoms with Crippen LogP contribution in [0, 0.1) is 51.4 Å². The van der Waals surface area contributed by atoms with Crippen LogP contribution in [-0.4, -0.2) is 49.0 Å². The zero-order valence-electron chi connectivity index (χ0n) is 32.5. The minimum Gasteiger partial charge on any atom is -0.493 e. The minimum absolute atomic E-state index is 0.0192. The molecule has 4 aromatic rings. The molecule has 2 fully saturated rings. The number of nitrogens with zero attached hydrogens (tertiary/aromatic N) is 2. The zero-order valence-corrected chi connectivity index (χ0v) is 32.5. The van der Waals surface area contributed by atoms with Crippen molar-refractivity contribution in [3.05, 3.63) is 115 Å². The number of hydrogen-bond acceptors (Lipinski definition) is 8. The number of methoxy groups -OCH3 is 2. The lowest BCUT2D eigenvalue weighted by molar-refractivity contribution is 0.0628. The summed E-state index contributed by atoms with van der Waals surface area (Å²) in [7, 11) is 3.24. The van der Waals surface area contributed by atoms with Gasteiger partial charge in [0.05, 0.1) is 40.5 Å².